The van der Waals surface area contributed by atoms with E-state index in [1.807, 2.05) is 13.8 Å². The minimum Gasteiger partial charge on any atom is -0.324 e. The predicted molar refractivity (Wildman–Crippen MR) is 69.6 cm³/mol. The van der Waals surface area contributed by atoms with Gasteiger partial charge in [0.25, 0.3) is 0 Å². The molecule has 1 atom stereocenters. The number of nitrogens with one attached hydrogen (secondary N) is 1. The maximum Gasteiger partial charge on any atom is 0.227 e. The summed E-state index contributed by atoms with van der Waals surface area (Å²) >= 11 is 17.6. The largest absolute Gasteiger partial charge is 0.324 e. The number of carbonyl (C=O) groups is 1. The molecule has 0 spiro atoms. The first-order valence-corrected chi connectivity index (χ1v) is 6.04. The molecule has 0 bridgehead atoms. The summed E-state index contributed by atoms with van der Waals surface area (Å²) in [6.07, 6.45) is 0.769. The van der Waals surface area contributed by atoms with Crippen LogP contribution in [0.2, 0.25) is 15.1 Å². The molecule has 0 fully saturated rings. The molecule has 1 amide bonds. The zero-order valence-corrected chi connectivity index (χ0v) is 11.2. The van der Waals surface area contributed by atoms with Crippen molar-refractivity contribution in [1.82, 2.24) is 0 Å². The Kier molecular flexibility index (Phi) is 4.90. The molecule has 0 aliphatic rings. The van der Waals surface area contributed by atoms with Gasteiger partial charge in [0, 0.05) is 5.92 Å². The van der Waals surface area contributed by atoms with E-state index in [-0.39, 0.29) is 11.8 Å². The van der Waals surface area contributed by atoms with Crippen LogP contribution < -0.4 is 5.32 Å². The Bertz CT molecular complexity index is 406. The van der Waals surface area contributed by atoms with Gasteiger partial charge in [0.05, 0.1) is 20.8 Å². The lowest BCUT2D eigenvalue weighted by molar-refractivity contribution is -0.119. The van der Waals surface area contributed by atoms with Crippen molar-refractivity contribution < 1.29 is 4.79 Å². The zero-order valence-electron chi connectivity index (χ0n) is 8.98. The van der Waals surface area contributed by atoms with E-state index in [2.05, 4.69) is 5.32 Å². The number of halogens is 3. The van der Waals surface area contributed by atoms with Gasteiger partial charge < -0.3 is 5.32 Å². The number of amides is 1. The number of hydrogen-bond acceptors (Lipinski definition) is 1. The Morgan fingerprint density at radius 2 is 1.81 bits per heavy atom. The molecule has 1 rings (SSSR count). The van der Waals surface area contributed by atoms with Crippen LogP contribution in [0.5, 0.6) is 0 Å². The van der Waals surface area contributed by atoms with Crippen molar-refractivity contribution in [3.63, 3.8) is 0 Å². The molecule has 1 aromatic carbocycles. The van der Waals surface area contributed by atoms with E-state index in [0.29, 0.717) is 20.8 Å². The van der Waals surface area contributed by atoms with Crippen LogP contribution in [0, 0.1) is 5.92 Å². The Balaban J connectivity index is 2.90. The summed E-state index contributed by atoms with van der Waals surface area (Å²) in [6, 6.07) is 3.06. The fourth-order valence-corrected chi connectivity index (χ4v) is 1.65. The molecule has 0 aromatic heterocycles. The minimum absolute atomic E-state index is 0.0643. The third kappa shape index (κ3) is 3.27. The van der Waals surface area contributed by atoms with Gasteiger partial charge in [-0.25, -0.2) is 0 Å². The summed E-state index contributed by atoms with van der Waals surface area (Å²) in [5.74, 6) is -0.145. The van der Waals surface area contributed by atoms with E-state index >= 15 is 0 Å². The summed E-state index contributed by atoms with van der Waals surface area (Å²) in [5, 5.41) is 3.83. The van der Waals surface area contributed by atoms with Gasteiger partial charge in [0.15, 0.2) is 0 Å². The summed E-state index contributed by atoms with van der Waals surface area (Å²) < 4.78 is 0. The van der Waals surface area contributed by atoms with Gasteiger partial charge >= 0.3 is 0 Å². The molecule has 1 aromatic rings. The Labute approximate surface area is 110 Å². The molecule has 0 aliphatic heterocycles. The van der Waals surface area contributed by atoms with Crippen molar-refractivity contribution in [3.8, 4) is 0 Å². The molecule has 0 saturated carbocycles. The van der Waals surface area contributed by atoms with Crippen molar-refractivity contribution in [2.45, 2.75) is 20.3 Å². The van der Waals surface area contributed by atoms with Crippen LogP contribution in [-0.4, -0.2) is 5.91 Å². The number of rotatable bonds is 3. The lowest BCUT2D eigenvalue weighted by Gasteiger charge is -2.12. The quantitative estimate of drug-likeness (QED) is 0.804. The van der Waals surface area contributed by atoms with Gasteiger partial charge in [0.2, 0.25) is 5.91 Å². The highest BCUT2D eigenvalue weighted by molar-refractivity contribution is 6.44. The monoisotopic (exact) mass is 279 g/mol. The van der Waals surface area contributed by atoms with E-state index in [1.165, 1.54) is 6.07 Å². The van der Waals surface area contributed by atoms with Crippen LogP contribution in [-0.2, 0) is 4.79 Å². The first kappa shape index (κ1) is 13.6. The van der Waals surface area contributed by atoms with Crippen molar-refractivity contribution >= 4 is 46.4 Å². The molecule has 5 heteroatoms. The fraction of sp³-hybridized carbons (Fsp3) is 0.364. The first-order valence-electron chi connectivity index (χ1n) is 4.91. The molecule has 0 unspecified atom stereocenters. The standard InChI is InChI=1S/C11H12Cl3NO/c1-3-6(2)11(16)15-10-5-8(13)7(12)4-9(10)14/h4-6H,3H2,1-2H3,(H,15,16)/t6-/m0/s1. The normalized spacial score (nSPS) is 12.3. The van der Waals surface area contributed by atoms with Crippen LogP contribution in [0.4, 0.5) is 5.69 Å². The van der Waals surface area contributed by atoms with E-state index < -0.39 is 0 Å². The molecule has 0 saturated heterocycles. The highest BCUT2D eigenvalue weighted by Crippen LogP contribution is 2.32. The Morgan fingerprint density at radius 3 is 2.38 bits per heavy atom. The third-order valence-electron chi connectivity index (χ3n) is 2.33. The lowest BCUT2D eigenvalue weighted by Crippen LogP contribution is -2.19. The van der Waals surface area contributed by atoms with Gasteiger partial charge in [-0.1, -0.05) is 48.7 Å². The molecular weight excluding hydrogens is 268 g/mol. The summed E-state index contributed by atoms with van der Waals surface area (Å²) in [4.78, 5) is 11.6. The van der Waals surface area contributed by atoms with Gasteiger partial charge in [-0.2, -0.15) is 0 Å². The fourth-order valence-electron chi connectivity index (χ4n) is 1.06. The second-order valence-electron chi connectivity index (χ2n) is 3.54. The smallest absolute Gasteiger partial charge is 0.227 e. The first-order chi connectivity index (χ1) is 7.45. The maximum absolute atomic E-state index is 11.6. The Morgan fingerprint density at radius 1 is 1.25 bits per heavy atom. The van der Waals surface area contributed by atoms with Gasteiger partial charge in [-0.15, -0.1) is 0 Å². The third-order valence-corrected chi connectivity index (χ3v) is 3.36. The molecule has 0 aliphatic carbocycles. The molecule has 0 radical (unpaired) electrons. The van der Waals surface area contributed by atoms with Crippen molar-refractivity contribution in [3.05, 3.63) is 27.2 Å². The SMILES string of the molecule is CC[C@H](C)C(=O)Nc1cc(Cl)c(Cl)cc1Cl. The summed E-state index contributed by atoms with van der Waals surface area (Å²) in [5.41, 5.74) is 0.487. The van der Waals surface area contributed by atoms with Gasteiger partial charge in [-0.05, 0) is 18.6 Å². The lowest BCUT2D eigenvalue weighted by atomic mass is 10.1. The second-order valence-corrected chi connectivity index (χ2v) is 4.77. The predicted octanol–water partition coefficient (Wildman–Crippen LogP) is 4.63. The van der Waals surface area contributed by atoms with Crippen molar-refractivity contribution in [1.29, 1.82) is 0 Å². The maximum atomic E-state index is 11.6. The van der Waals surface area contributed by atoms with E-state index in [4.69, 9.17) is 34.8 Å². The zero-order chi connectivity index (χ0) is 12.3. The number of hydrogen-bond donors (Lipinski definition) is 1. The molecule has 88 valence electrons. The highest BCUT2D eigenvalue weighted by atomic mass is 35.5. The van der Waals surface area contributed by atoms with E-state index in [0.717, 1.165) is 6.42 Å². The van der Waals surface area contributed by atoms with Crippen molar-refractivity contribution in [2.75, 3.05) is 5.32 Å². The summed E-state index contributed by atoms with van der Waals surface area (Å²) in [7, 11) is 0. The van der Waals surface area contributed by atoms with Gasteiger partial charge in [0.1, 0.15) is 0 Å². The number of anilines is 1. The van der Waals surface area contributed by atoms with Crippen LogP contribution in [0.1, 0.15) is 20.3 Å². The number of carbonyl (C=O) groups excluding carboxylic acids is 1. The molecule has 0 heterocycles. The average Bonchev–Trinajstić information content (AvgIpc) is 2.24. The number of benzene rings is 1. The summed E-state index contributed by atoms with van der Waals surface area (Å²) in [6.45, 7) is 3.79. The van der Waals surface area contributed by atoms with E-state index in [9.17, 15) is 4.79 Å². The Hall–Kier alpha value is -0.440. The van der Waals surface area contributed by atoms with Crippen LogP contribution >= 0.6 is 34.8 Å². The topological polar surface area (TPSA) is 29.1 Å². The van der Waals surface area contributed by atoms with Crippen LogP contribution in [0.15, 0.2) is 12.1 Å². The minimum atomic E-state index is -0.0808. The van der Waals surface area contributed by atoms with Crippen molar-refractivity contribution in [2.24, 2.45) is 5.92 Å². The second kappa shape index (κ2) is 5.76. The molecule has 1 N–H and O–H groups in total. The average molecular weight is 281 g/mol. The van der Waals surface area contributed by atoms with Gasteiger partial charge in [-0.3, -0.25) is 4.79 Å². The molecule has 16 heavy (non-hydrogen) atoms. The molecule has 2 nitrogen and oxygen atoms in total. The van der Waals surface area contributed by atoms with Crippen LogP contribution in [0.3, 0.4) is 0 Å². The highest BCUT2D eigenvalue weighted by Gasteiger charge is 2.13. The van der Waals surface area contributed by atoms with Crippen LogP contribution in [0.25, 0.3) is 0 Å². The molecular formula is C11H12Cl3NO. The van der Waals surface area contributed by atoms with E-state index in [1.54, 1.807) is 6.07 Å².